The van der Waals surface area contributed by atoms with E-state index in [0.717, 1.165) is 0 Å². The van der Waals surface area contributed by atoms with Crippen LogP contribution in [0.3, 0.4) is 0 Å². The van der Waals surface area contributed by atoms with E-state index in [2.05, 4.69) is 22.0 Å². The molecule has 0 fully saturated rings. The second-order valence-electron chi connectivity index (χ2n) is 6.41. The number of benzene rings is 3. The SMILES string of the molecule is CCOc1cc(/C=C(\C#N)c2ccc(Cl)cc2Cl)cc(Br)c1OS(=O)(=O)c1ccccc1. The summed E-state index contributed by atoms with van der Waals surface area (Å²) in [7, 11) is -4.08. The third-order valence-electron chi connectivity index (χ3n) is 4.21. The molecule has 0 amide bonds. The van der Waals surface area contributed by atoms with Gasteiger partial charge in [0.05, 0.1) is 27.7 Å². The lowest BCUT2D eigenvalue weighted by atomic mass is 10.0. The topological polar surface area (TPSA) is 76.4 Å². The molecule has 3 rings (SSSR count). The van der Waals surface area contributed by atoms with Gasteiger partial charge in [0.25, 0.3) is 0 Å². The smallest absolute Gasteiger partial charge is 0.339 e. The number of hydrogen-bond acceptors (Lipinski definition) is 5. The van der Waals surface area contributed by atoms with Gasteiger partial charge >= 0.3 is 10.1 Å². The van der Waals surface area contributed by atoms with Crippen molar-refractivity contribution in [1.29, 1.82) is 5.26 Å². The summed E-state index contributed by atoms with van der Waals surface area (Å²) in [5, 5.41) is 10.4. The quantitative estimate of drug-likeness (QED) is 0.179. The first-order chi connectivity index (χ1) is 15.2. The average Bonchev–Trinajstić information content (AvgIpc) is 2.76. The molecule has 164 valence electrons. The average molecular weight is 553 g/mol. The van der Waals surface area contributed by atoms with Crippen LogP contribution in [-0.4, -0.2) is 15.0 Å². The summed E-state index contributed by atoms with van der Waals surface area (Å²) in [5.74, 6) is 0.211. The summed E-state index contributed by atoms with van der Waals surface area (Å²) < 4.78 is 36.7. The van der Waals surface area contributed by atoms with Crippen LogP contribution >= 0.6 is 39.1 Å². The summed E-state index contributed by atoms with van der Waals surface area (Å²) in [6.07, 6.45) is 1.61. The Hall–Kier alpha value is -2.50. The third-order valence-corrected chi connectivity index (χ3v) is 6.58. The van der Waals surface area contributed by atoms with Crippen LogP contribution in [-0.2, 0) is 10.1 Å². The van der Waals surface area contributed by atoms with Crippen molar-refractivity contribution in [3.63, 3.8) is 0 Å². The molecule has 0 atom stereocenters. The number of halogens is 3. The number of ether oxygens (including phenoxy) is 1. The summed E-state index contributed by atoms with van der Waals surface area (Å²) in [5.41, 5.74) is 1.39. The van der Waals surface area contributed by atoms with Gasteiger partial charge in [-0.25, -0.2) is 0 Å². The van der Waals surface area contributed by atoms with E-state index in [1.54, 1.807) is 61.5 Å². The minimum Gasteiger partial charge on any atom is -0.490 e. The highest BCUT2D eigenvalue weighted by Crippen LogP contribution is 2.40. The Bertz CT molecular complexity index is 1320. The van der Waals surface area contributed by atoms with Gasteiger partial charge in [-0.15, -0.1) is 0 Å². The highest BCUT2D eigenvalue weighted by atomic mass is 79.9. The predicted octanol–water partition coefficient (Wildman–Crippen LogP) is 6.99. The molecule has 0 radical (unpaired) electrons. The van der Waals surface area contributed by atoms with Crippen molar-refractivity contribution in [2.75, 3.05) is 6.61 Å². The zero-order chi connectivity index (χ0) is 23.3. The van der Waals surface area contributed by atoms with Crippen molar-refractivity contribution in [3.8, 4) is 17.6 Å². The van der Waals surface area contributed by atoms with Gasteiger partial charge in [0, 0.05) is 10.6 Å². The summed E-state index contributed by atoms with van der Waals surface area (Å²) >= 11 is 15.5. The fourth-order valence-electron chi connectivity index (χ4n) is 2.80. The molecule has 0 saturated heterocycles. The highest BCUT2D eigenvalue weighted by molar-refractivity contribution is 9.10. The first-order valence-electron chi connectivity index (χ1n) is 9.28. The molecule has 0 spiro atoms. The molecule has 5 nitrogen and oxygen atoms in total. The minimum absolute atomic E-state index is 0.0101. The van der Waals surface area contributed by atoms with Crippen LogP contribution in [0.4, 0.5) is 0 Å². The van der Waals surface area contributed by atoms with Gasteiger partial charge in [0.1, 0.15) is 4.90 Å². The lowest BCUT2D eigenvalue weighted by molar-refractivity contribution is 0.327. The van der Waals surface area contributed by atoms with Crippen molar-refractivity contribution in [1.82, 2.24) is 0 Å². The molecule has 3 aromatic rings. The molecule has 0 aliphatic rings. The molecule has 0 aliphatic carbocycles. The van der Waals surface area contributed by atoms with Crippen LogP contribution < -0.4 is 8.92 Å². The van der Waals surface area contributed by atoms with Crippen molar-refractivity contribution in [3.05, 3.63) is 86.3 Å². The molecule has 0 bridgehead atoms. The Labute approximate surface area is 205 Å². The van der Waals surface area contributed by atoms with E-state index in [-0.39, 0.29) is 23.0 Å². The molecule has 0 heterocycles. The second kappa shape index (κ2) is 10.4. The number of allylic oxidation sites excluding steroid dienone is 1. The van der Waals surface area contributed by atoms with Gasteiger partial charge < -0.3 is 8.92 Å². The van der Waals surface area contributed by atoms with Crippen LogP contribution in [0.5, 0.6) is 11.5 Å². The van der Waals surface area contributed by atoms with Gasteiger partial charge in [-0.1, -0.05) is 47.5 Å². The van der Waals surface area contributed by atoms with Crippen LogP contribution in [0.1, 0.15) is 18.1 Å². The Morgan fingerprint density at radius 2 is 1.84 bits per heavy atom. The molecule has 0 N–H and O–H groups in total. The Morgan fingerprint density at radius 3 is 2.47 bits per heavy atom. The second-order valence-corrected chi connectivity index (χ2v) is 9.65. The van der Waals surface area contributed by atoms with Gasteiger partial charge in [0.2, 0.25) is 0 Å². The molecule has 0 unspecified atom stereocenters. The molecular weight excluding hydrogens is 537 g/mol. The zero-order valence-corrected chi connectivity index (χ0v) is 20.6. The zero-order valence-electron chi connectivity index (χ0n) is 16.7. The molecule has 9 heteroatoms. The summed E-state index contributed by atoms with van der Waals surface area (Å²) in [6.45, 7) is 2.04. The lowest BCUT2D eigenvalue weighted by Crippen LogP contribution is -2.11. The highest BCUT2D eigenvalue weighted by Gasteiger charge is 2.22. The van der Waals surface area contributed by atoms with Crippen molar-refractivity contribution >= 4 is 60.9 Å². The number of nitrogens with zero attached hydrogens (tertiary/aromatic N) is 1. The van der Waals surface area contributed by atoms with Crippen molar-refractivity contribution in [2.24, 2.45) is 0 Å². The first-order valence-corrected chi connectivity index (χ1v) is 12.2. The van der Waals surface area contributed by atoms with Crippen LogP contribution in [0.2, 0.25) is 10.0 Å². The van der Waals surface area contributed by atoms with E-state index in [4.69, 9.17) is 32.1 Å². The normalized spacial score (nSPS) is 11.7. The molecule has 0 aliphatic heterocycles. The molecule has 32 heavy (non-hydrogen) atoms. The van der Waals surface area contributed by atoms with E-state index in [0.29, 0.717) is 31.2 Å². The van der Waals surface area contributed by atoms with Gasteiger partial charge in [0.15, 0.2) is 11.5 Å². The Morgan fingerprint density at radius 1 is 1.12 bits per heavy atom. The van der Waals surface area contributed by atoms with E-state index < -0.39 is 10.1 Å². The fourth-order valence-corrected chi connectivity index (χ4v) is 4.94. The maximum atomic E-state index is 12.7. The molecule has 0 aromatic heterocycles. The first kappa shape index (κ1) is 24.1. The van der Waals surface area contributed by atoms with E-state index in [1.807, 2.05) is 0 Å². The van der Waals surface area contributed by atoms with Gasteiger partial charge in [-0.05, 0) is 70.9 Å². The van der Waals surface area contributed by atoms with Crippen LogP contribution in [0.15, 0.2) is 70.0 Å². The summed E-state index contributed by atoms with van der Waals surface area (Å²) in [4.78, 5) is 0.0162. The molecular formula is C23H16BrCl2NO4S. The largest absolute Gasteiger partial charge is 0.490 e. The maximum absolute atomic E-state index is 12.7. The van der Waals surface area contributed by atoms with E-state index in [9.17, 15) is 13.7 Å². The predicted molar refractivity (Wildman–Crippen MR) is 130 cm³/mol. The third kappa shape index (κ3) is 5.64. The van der Waals surface area contributed by atoms with Crippen molar-refractivity contribution < 1.29 is 17.3 Å². The maximum Gasteiger partial charge on any atom is 0.339 e. The fraction of sp³-hybridized carbons (Fsp3) is 0.0870. The number of hydrogen-bond donors (Lipinski definition) is 0. The van der Waals surface area contributed by atoms with Crippen LogP contribution in [0, 0.1) is 11.3 Å². The number of rotatable bonds is 7. The molecule has 3 aromatic carbocycles. The monoisotopic (exact) mass is 551 g/mol. The van der Waals surface area contributed by atoms with Crippen molar-refractivity contribution in [2.45, 2.75) is 11.8 Å². The van der Waals surface area contributed by atoms with Gasteiger partial charge in [-0.3, -0.25) is 0 Å². The number of nitriles is 1. The van der Waals surface area contributed by atoms with Gasteiger partial charge in [-0.2, -0.15) is 13.7 Å². The van der Waals surface area contributed by atoms with Crippen LogP contribution in [0.25, 0.3) is 11.6 Å². The Balaban J connectivity index is 2.05. The Kier molecular flexibility index (Phi) is 7.86. The standard InChI is InChI=1S/C23H16BrCl2NO4S/c1-2-30-22-12-15(10-16(14-27)19-9-8-17(25)13-21(19)26)11-20(24)23(22)31-32(28,29)18-6-4-3-5-7-18/h3-13H,2H2,1H3/b16-10+. The minimum atomic E-state index is -4.08. The lowest BCUT2D eigenvalue weighted by Gasteiger charge is -2.15. The van der Waals surface area contributed by atoms with E-state index in [1.165, 1.54) is 12.1 Å². The van der Waals surface area contributed by atoms with E-state index >= 15 is 0 Å². The molecule has 0 saturated carbocycles. The summed E-state index contributed by atoms with van der Waals surface area (Å²) in [6, 6.07) is 18.0.